The van der Waals surface area contributed by atoms with Crippen LogP contribution in [0.25, 0.3) is 6.08 Å². The second-order valence-electron chi connectivity index (χ2n) is 6.13. The summed E-state index contributed by atoms with van der Waals surface area (Å²) in [6, 6.07) is 20.7. The molecule has 0 aliphatic heterocycles. The number of ether oxygens (including phenoxy) is 1. The lowest BCUT2D eigenvalue weighted by molar-refractivity contribution is 0.104. The Morgan fingerprint density at radius 3 is 2.44 bits per heavy atom. The Morgan fingerprint density at radius 2 is 1.74 bits per heavy atom. The van der Waals surface area contributed by atoms with Crippen LogP contribution in [0.5, 0.6) is 11.5 Å². The molecule has 0 aliphatic carbocycles. The number of phenols is 1. The van der Waals surface area contributed by atoms with Gasteiger partial charge < -0.3 is 9.84 Å². The van der Waals surface area contributed by atoms with E-state index in [9.17, 15) is 9.90 Å². The minimum Gasteiger partial charge on any atom is -0.504 e. The second-order valence-corrected chi connectivity index (χ2v) is 7.05. The van der Waals surface area contributed by atoms with Crippen molar-refractivity contribution in [2.45, 2.75) is 13.5 Å². The van der Waals surface area contributed by atoms with Crippen LogP contribution < -0.4 is 4.74 Å². The second kappa shape index (κ2) is 8.69. The van der Waals surface area contributed by atoms with Crippen molar-refractivity contribution >= 4 is 27.8 Å². The van der Waals surface area contributed by atoms with E-state index in [1.165, 1.54) is 6.08 Å². The van der Waals surface area contributed by atoms with Gasteiger partial charge in [0.2, 0.25) is 0 Å². The summed E-state index contributed by atoms with van der Waals surface area (Å²) in [4.78, 5) is 12.5. The molecule has 3 aromatic rings. The van der Waals surface area contributed by atoms with Gasteiger partial charge in [-0.1, -0.05) is 70.5 Å². The van der Waals surface area contributed by atoms with Gasteiger partial charge >= 0.3 is 0 Å². The van der Waals surface area contributed by atoms with Crippen molar-refractivity contribution in [3.8, 4) is 11.5 Å². The van der Waals surface area contributed by atoms with Crippen LogP contribution in [0.2, 0.25) is 0 Å². The fourth-order valence-electron chi connectivity index (χ4n) is 2.62. The van der Waals surface area contributed by atoms with Crippen molar-refractivity contribution in [2.24, 2.45) is 0 Å². The summed E-state index contributed by atoms with van der Waals surface area (Å²) >= 11 is 3.38. The maximum atomic E-state index is 12.5. The average Bonchev–Trinajstić information content (AvgIpc) is 2.68. The first-order valence-corrected chi connectivity index (χ1v) is 9.31. The quantitative estimate of drug-likeness (QED) is 0.394. The third-order valence-corrected chi connectivity index (χ3v) is 4.65. The number of ketones is 1. The zero-order valence-electron chi connectivity index (χ0n) is 14.9. The van der Waals surface area contributed by atoms with Gasteiger partial charge in [-0.2, -0.15) is 0 Å². The Morgan fingerprint density at radius 1 is 1.04 bits per heavy atom. The molecule has 1 N–H and O–H groups in total. The highest BCUT2D eigenvalue weighted by Crippen LogP contribution is 2.34. The summed E-state index contributed by atoms with van der Waals surface area (Å²) in [6.45, 7) is 2.16. The van der Waals surface area contributed by atoms with Crippen LogP contribution in [0.4, 0.5) is 0 Å². The molecule has 3 rings (SSSR count). The Labute approximate surface area is 167 Å². The molecule has 0 heterocycles. The number of aryl methyl sites for hydroxylation is 1. The van der Waals surface area contributed by atoms with Gasteiger partial charge in [-0.25, -0.2) is 0 Å². The minimum absolute atomic E-state index is 0.128. The molecule has 4 heteroatoms. The van der Waals surface area contributed by atoms with Gasteiger partial charge in [0.1, 0.15) is 6.61 Å². The van der Waals surface area contributed by atoms with Crippen LogP contribution in [0.1, 0.15) is 27.0 Å². The molecule has 27 heavy (non-hydrogen) atoms. The summed E-state index contributed by atoms with van der Waals surface area (Å²) in [5.41, 5.74) is 2.88. The van der Waals surface area contributed by atoms with Crippen LogP contribution in [0, 0.1) is 6.92 Å². The lowest BCUT2D eigenvalue weighted by Gasteiger charge is -2.13. The van der Waals surface area contributed by atoms with E-state index in [2.05, 4.69) is 15.9 Å². The van der Waals surface area contributed by atoms with Gasteiger partial charge in [0, 0.05) is 4.47 Å². The SMILES string of the molecule is Cc1ccc(C(=O)C=Cc2ccc(Br)cc2)c(O)c1OCc1ccccc1. The highest BCUT2D eigenvalue weighted by Gasteiger charge is 2.16. The molecule has 136 valence electrons. The summed E-state index contributed by atoms with van der Waals surface area (Å²) in [7, 11) is 0. The molecule has 0 aromatic heterocycles. The Balaban J connectivity index is 1.79. The fourth-order valence-corrected chi connectivity index (χ4v) is 2.88. The maximum Gasteiger partial charge on any atom is 0.189 e. The van der Waals surface area contributed by atoms with E-state index < -0.39 is 0 Å². The molecule has 0 radical (unpaired) electrons. The molecule has 0 saturated heterocycles. The van der Waals surface area contributed by atoms with Crippen molar-refractivity contribution < 1.29 is 14.6 Å². The van der Waals surface area contributed by atoms with Crippen LogP contribution in [-0.4, -0.2) is 10.9 Å². The summed E-state index contributed by atoms with van der Waals surface area (Å²) in [5, 5.41) is 10.6. The van der Waals surface area contributed by atoms with Crippen molar-refractivity contribution in [1.82, 2.24) is 0 Å². The normalized spacial score (nSPS) is 10.9. The number of aromatic hydroxyl groups is 1. The molecule has 0 atom stereocenters. The molecule has 3 aromatic carbocycles. The summed E-state index contributed by atoms with van der Waals surface area (Å²) in [5.74, 6) is -0.0712. The zero-order chi connectivity index (χ0) is 19.2. The fraction of sp³-hybridized carbons (Fsp3) is 0.0870. The third kappa shape index (κ3) is 4.86. The highest BCUT2D eigenvalue weighted by atomic mass is 79.9. The van der Waals surface area contributed by atoms with E-state index in [4.69, 9.17) is 4.74 Å². The van der Waals surface area contributed by atoms with E-state index in [0.717, 1.165) is 21.2 Å². The number of hydrogen-bond acceptors (Lipinski definition) is 3. The van der Waals surface area contributed by atoms with E-state index in [1.54, 1.807) is 18.2 Å². The standard InChI is InChI=1S/C23H19BrO3/c1-16-7-13-20(21(25)14-10-17-8-11-19(24)12-9-17)22(26)23(16)27-15-18-5-3-2-4-6-18/h2-14,26H,15H2,1H3. The zero-order valence-corrected chi connectivity index (χ0v) is 16.4. The molecule has 3 nitrogen and oxygen atoms in total. The predicted molar refractivity (Wildman–Crippen MR) is 111 cm³/mol. The van der Waals surface area contributed by atoms with E-state index in [-0.39, 0.29) is 17.1 Å². The van der Waals surface area contributed by atoms with E-state index in [1.807, 2.05) is 61.5 Å². The van der Waals surface area contributed by atoms with Crippen LogP contribution in [0.3, 0.4) is 0 Å². The Kier molecular flexibility index (Phi) is 6.09. The van der Waals surface area contributed by atoms with E-state index in [0.29, 0.717) is 12.4 Å². The lowest BCUT2D eigenvalue weighted by Crippen LogP contribution is -2.01. The predicted octanol–water partition coefficient (Wildman–Crippen LogP) is 5.94. The lowest BCUT2D eigenvalue weighted by atomic mass is 10.0. The Bertz CT molecular complexity index is 961. The molecule has 0 saturated carbocycles. The summed E-state index contributed by atoms with van der Waals surface area (Å²) in [6.07, 6.45) is 3.17. The topological polar surface area (TPSA) is 46.5 Å². The first kappa shape index (κ1) is 18.9. The van der Waals surface area contributed by atoms with Crippen LogP contribution in [-0.2, 0) is 6.61 Å². The number of phenolic OH excluding ortho intramolecular Hbond substituents is 1. The highest BCUT2D eigenvalue weighted by molar-refractivity contribution is 9.10. The van der Waals surface area contributed by atoms with Gasteiger partial charge in [-0.05, 0) is 47.9 Å². The number of rotatable bonds is 6. The van der Waals surface area contributed by atoms with Crippen LogP contribution >= 0.6 is 15.9 Å². The first-order chi connectivity index (χ1) is 13.0. The first-order valence-electron chi connectivity index (χ1n) is 8.52. The molecular weight excluding hydrogens is 404 g/mol. The van der Waals surface area contributed by atoms with Crippen molar-refractivity contribution in [1.29, 1.82) is 0 Å². The third-order valence-electron chi connectivity index (χ3n) is 4.12. The molecule has 0 amide bonds. The molecule has 0 unspecified atom stereocenters. The van der Waals surface area contributed by atoms with Crippen molar-refractivity contribution in [3.05, 3.63) is 99.5 Å². The summed E-state index contributed by atoms with van der Waals surface area (Å²) < 4.78 is 6.76. The number of carbonyl (C=O) groups excluding carboxylic acids is 1. The molecular formula is C23H19BrO3. The number of allylic oxidation sites excluding steroid dienone is 1. The molecule has 0 bridgehead atoms. The van der Waals surface area contributed by atoms with Crippen molar-refractivity contribution in [3.63, 3.8) is 0 Å². The van der Waals surface area contributed by atoms with E-state index >= 15 is 0 Å². The van der Waals surface area contributed by atoms with Crippen molar-refractivity contribution in [2.75, 3.05) is 0 Å². The number of benzene rings is 3. The number of carbonyl (C=O) groups is 1. The number of halogens is 1. The maximum absolute atomic E-state index is 12.5. The largest absolute Gasteiger partial charge is 0.504 e. The van der Waals surface area contributed by atoms with Gasteiger partial charge in [0.15, 0.2) is 17.3 Å². The monoisotopic (exact) mass is 422 g/mol. The number of hydrogen-bond donors (Lipinski definition) is 1. The van der Waals surface area contributed by atoms with Gasteiger partial charge in [0.05, 0.1) is 5.56 Å². The van der Waals surface area contributed by atoms with Gasteiger partial charge in [-0.3, -0.25) is 4.79 Å². The molecule has 0 aliphatic rings. The van der Waals surface area contributed by atoms with Crippen LogP contribution in [0.15, 0.2) is 77.3 Å². The molecule has 0 fully saturated rings. The Hall–Kier alpha value is -2.85. The smallest absolute Gasteiger partial charge is 0.189 e. The van der Waals surface area contributed by atoms with Gasteiger partial charge in [0.25, 0.3) is 0 Å². The van der Waals surface area contributed by atoms with Gasteiger partial charge in [-0.15, -0.1) is 0 Å². The minimum atomic E-state index is -0.278. The average molecular weight is 423 g/mol. The molecule has 0 spiro atoms.